The van der Waals surface area contributed by atoms with Gasteiger partial charge in [0, 0.05) is 49.9 Å². The summed E-state index contributed by atoms with van der Waals surface area (Å²) < 4.78 is 41.1. The lowest BCUT2D eigenvalue weighted by Gasteiger charge is -2.36. The van der Waals surface area contributed by atoms with Gasteiger partial charge in [0.05, 0.1) is 24.4 Å². The van der Waals surface area contributed by atoms with Crippen LogP contribution in [0.25, 0.3) is 11.1 Å². The first kappa shape index (κ1) is 23.0. The first-order valence-corrected chi connectivity index (χ1v) is 11.7. The number of fused-ring (bicyclic) bond motifs is 1. The maximum atomic E-state index is 14.4. The van der Waals surface area contributed by atoms with Gasteiger partial charge >= 0.3 is 0 Å². The molecule has 1 amide bonds. The Bertz CT molecular complexity index is 1370. The van der Waals surface area contributed by atoms with Crippen LogP contribution in [0.3, 0.4) is 0 Å². The molecule has 1 aliphatic heterocycles. The van der Waals surface area contributed by atoms with Gasteiger partial charge in [0.25, 0.3) is 5.91 Å². The van der Waals surface area contributed by atoms with E-state index >= 15 is 0 Å². The Morgan fingerprint density at radius 3 is 2.54 bits per heavy atom. The molecule has 0 aliphatic carbocycles. The van der Waals surface area contributed by atoms with Crippen molar-refractivity contribution >= 4 is 22.7 Å². The van der Waals surface area contributed by atoms with Crippen LogP contribution in [0.4, 0.5) is 14.5 Å². The van der Waals surface area contributed by atoms with Crippen LogP contribution in [-0.2, 0) is 6.54 Å². The van der Waals surface area contributed by atoms with Crippen molar-refractivity contribution in [3.8, 4) is 5.75 Å². The lowest BCUT2D eigenvalue weighted by atomic mass is 10.2. The number of carbonyl (C=O) groups is 1. The van der Waals surface area contributed by atoms with E-state index in [4.69, 9.17) is 9.15 Å². The molecule has 1 aliphatic rings. The van der Waals surface area contributed by atoms with Crippen LogP contribution < -0.4 is 9.64 Å². The summed E-state index contributed by atoms with van der Waals surface area (Å²) in [5.41, 5.74) is 3.01. The molecular weight excluding hydrogens is 452 g/mol. The monoisotopic (exact) mass is 479 g/mol. The van der Waals surface area contributed by atoms with Crippen LogP contribution in [-0.4, -0.2) is 48.2 Å². The van der Waals surface area contributed by atoms with E-state index in [1.54, 1.807) is 15.5 Å². The van der Waals surface area contributed by atoms with Crippen molar-refractivity contribution < 1.29 is 22.7 Å². The van der Waals surface area contributed by atoms with Gasteiger partial charge in [0.1, 0.15) is 28.8 Å². The van der Waals surface area contributed by atoms with Gasteiger partial charge in [-0.1, -0.05) is 18.2 Å². The minimum Gasteiger partial charge on any atom is -0.492 e. The number of aryl methyl sites for hydroxylation is 1. The molecule has 5 rings (SSSR count). The lowest BCUT2D eigenvalue weighted by molar-refractivity contribution is 0.0736. The fourth-order valence-corrected chi connectivity index (χ4v) is 4.64. The molecule has 6 nitrogen and oxygen atoms in total. The van der Waals surface area contributed by atoms with Gasteiger partial charge in [-0.05, 0) is 32.0 Å². The molecule has 0 N–H and O–H groups in total. The van der Waals surface area contributed by atoms with Crippen molar-refractivity contribution in [2.75, 3.05) is 37.7 Å². The topological polar surface area (TPSA) is 50.9 Å². The maximum absolute atomic E-state index is 14.4. The Labute approximate surface area is 202 Å². The number of amides is 1. The standard InChI is InChI=1S/C27H27F2N3O3/c1-3-34-25-7-5-4-6-22(25)30-10-12-31(13-11-30)27(33)24-16-26-23(14-18(2)35-26)32(24)17-19-8-9-20(28)15-21(19)29/h4-9,14-16H,3,10-13,17H2,1-2H3. The average molecular weight is 480 g/mol. The van der Waals surface area contributed by atoms with E-state index in [1.165, 1.54) is 12.1 Å². The molecule has 3 heterocycles. The summed E-state index contributed by atoms with van der Waals surface area (Å²) in [5.74, 6) is 0.106. The molecule has 8 heteroatoms. The summed E-state index contributed by atoms with van der Waals surface area (Å²) >= 11 is 0. The SMILES string of the molecule is CCOc1ccccc1N1CCN(C(=O)c2cc3oc(C)cc3n2Cc2ccc(F)cc2F)CC1. The molecule has 1 fully saturated rings. The summed E-state index contributed by atoms with van der Waals surface area (Å²) in [7, 11) is 0. The van der Waals surface area contributed by atoms with E-state index in [0.717, 1.165) is 17.5 Å². The number of nitrogens with zero attached hydrogens (tertiary/aromatic N) is 3. The van der Waals surface area contributed by atoms with Gasteiger partial charge in [-0.25, -0.2) is 8.78 Å². The predicted molar refractivity (Wildman–Crippen MR) is 130 cm³/mol. The van der Waals surface area contributed by atoms with Crippen molar-refractivity contribution in [3.63, 3.8) is 0 Å². The second-order valence-corrected chi connectivity index (χ2v) is 8.64. The molecule has 0 unspecified atom stereocenters. The lowest BCUT2D eigenvalue weighted by Crippen LogP contribution is -2.49. The number of furan rings is 1. The number of benzene rings is 2. The molecule has 4 aromatic rings. The van der Waals surface area contributed by atoms with Gasteiger partial charge in [-0.3, -0.25) is 4.79 Å². The Morgan fingerprint density at radius 1 is 1.03 bits per heavy atom. The summed E-state index contributed by atoms with van der Waals surface area (Å²) in [6, 6.07) is 14.9. The molecule has 0 bridgehead atoms. The normalized spacial score (nSPS) is 14.1. The number of aromatic nitrogens is 1. The zero-order valence-electron chi connectivity index (χ0n) is 19.8. The highest BCUT2D eigenvalue weighted by Crippen LogP contribution is 2.30. The van der Waals surface area contributed by atoms with E-state index in [0.29, 0.717) is 60.9 Å². The number of para-hydroxylation sites is 2. The molecule has 1 saturated heterocycles. The number of hydrogen-bond donors (Lipinski definition) is 0. The molecule has 0 atom stereocenters. The number of halogens is 2. The minimum atomic E-state index is -0.646. The highest BCUT2D eigenvalue weighted by molar-refractivity contribution is 5.98. The Balaban J connectivity index is 1.39. The largest absolute Gasteiger partial charge is 0.492 e. The van der Waals surface area contributed by atoms with E-state index in [1.807, 2.05) is 44.2 Å². The fourth-order valence-electron chi connectivity index (χ4n) is 4.64. The molecule has 182 valence electrons. The van der Waals surface area contributed by atoms with Crippen LogP contribution in [0.15, 0.2) is 59.0 Å². The van der Waals surface area contributed by atoms with E-state index in [2.05, 4.69) is 4.90 Å². The Hall–Kier alpha value is -3.81. The van der Waals surface area contributed by atoms with E-state index in [9.17, 15) is 13.6 Å². The molecule has 2 aromatic carbocycles. The smallest absolute Gasteiger partial charge is 0.270 e. The predicted octanol–water partition coefficient (Wildman–Crippen LogP) is 5.23. The third kappa shape index (κ3) is 4.48. The van der Waals surface area contributed by atoms with Gasteiger partial charge in [0.15, 0.2) is 5.58 Å². The van der Waals surface area contributed by atoms with Crippen molar-refractivity contribution in [1.29, 1.82) is 0 Å². The number of piperazine rings is 1. The average Bonchev–Trinajstić information content (AvgIpc) is 3.37. The quantitative estimate of drug-likeness (QED) is 0.380. The minimum absolute atomic E-state index is 0.0946. The highest BCUT2D eigenvalue weighted by Gasteiger charge is 2.27. The number of rotatable bonds is 6. The summed E-state index contributed by atoms with van der Waals surface area (Å²) in [5, 5.41) is 0. The van der Waals surface area contributed by atoms with Gasteiger partial charge in [0.2, 0.25) is 0 Å². The zero-order valence-corrected chi connectivity index (χ0v) is 19.8. The number of ether oxygens (including phenoxy) is 1. The first-order chi connectivity index (χ1) is 16.9. The van der Waals surface area contributed by atoms with Crippen molar-refractivity contribution in [3.05, 3.63) is 83.2 Å². The fraction of sp³-hybridized carbons (Fsp3) is 0.296. The Morgan fingerprint density at radius 2 is 1.80 bits per heavy atom. The summed E-state index contributed by atoms with van der Waals surface area (Å²) in [6.45, 7) is 6.86. The summed E-state index contributed by atoms with van der Waals surface area (Å²) in [4.78, 5) is 17.6. The molecule has 35 heavy (non-hydrogen) atoms. The maximum Gasteiger partial charge on any atom is 0.270 e. The number of anilines is 1. The molecule has 2 aromatic heterocycles. The summed E-state index contributed by atoms with van der Waals surface area (Å²) in [6.07, 6.45) is 0. The van der Waals surface area contributed by atoms with Crippen molar-refractivity contribution in [1.82, 2.24) is 9.47 Å². The molecular formula is C27H27F2N3O3. The van der Waals surface area contributed by atoms with Crippen LogP contribution in [0, 0.1) is 18.6 Å². The van der Waals surface area contributed by atoms with Crippen LogP contribution in [0.2, 0.25) is 0 Å². The third-order valence-corrected chi connectivity index (χ3v) is 6.35. The first-order valence-electron chi connectivity index (χ1n) is 11.7. The van der Waals surface area contributed by atoms with Gasteiger partial charge in [-0.2, -0.15) is 0 Å². The highest BCUT2D eigenvalue weighted by atomic mass is 19.1. The molecule has 0 spiro atoms. The number of carbonyl (C=O) groups excluding carboxylic acids is 1. The van der Waals surface area contributed by atoms with Crippen LogP contribution in [0.1, 0.15) is 28.7 Å². The Kier molecular flexibility index (Phi) is 6.19. The van der Waals surface area contributed by atoms with E-state index < -0.39 is 11.6 Å². The van der Waals surface area contributed by atoms with Crippen LogP contribution in [0.5, 0.6) is 5.75 Å². The van der Waals surface area contributed by atoms with Crippen LogP contribution >= 0.6 is 0 Å². The molecule has 0 saturated carbocycles. The van der Waals surface area contributed by atoms with Gasteiger partial charge < -0.3 is 23.5 Å². The number of hydrogen-bond acceptors (Lipinski definition) is 4. The second kappa shape index (κ2) is 9.44. The zero-order chi connectivity index (χ0) is 24.5. The van der Waals surface area contributed by atoms with Crippen molar-refractivity contribution in [2.45, 2.75) is 20.4 Å². The third-order valence-electron chi connectivity index (χ3n) is 6.35. The van der Waals surface area contributed by atoms with Gasteiger partial charge in [-0.15, -0.1) is 0 Å². The van der Waals surface area contributed by atoms with Crippen molar-refractivity contribution in [2.24, 2.45) is 0 Å². The van der Waals surface area contributed by atoms with E-state index in [-0.39, 0.29) is 12.5 Å². The molecule has 0 radical (unpaired) electrons. The second-order valence-electron chi connectivity index (χ2n) is 8.64.